The summed E-state index contributed by atoms with van der Waals surface area (Å²) in [5.41, 5.74) is 9.02. The maximum Gasteiger partial charge on any atom is 0.253 e. The van der Waals surface area contributed by atoms with Gasteiger partial charge in [-0.25, -0.2) is 0 Å². The van der Waals surface area contributed by atoms with Crippen LogP contribution < -0.4 is 10.6 Å². The Labute approximate surface area is 202 Å². The second kappa shape index (κ2) is 10.7. The van der Waals surface area contributed by atoms with Crippen molar-refractivity contribution < 1.29 is 14.3 Å². The molecule has 1 atom stereocenters. The van der Waals surface area contributed by atoms with Crippen LogP contribution in [0.4, 0.5) is 5.69 Å². The van der Waals surface area contributed by atoms with Gasteiger partial charge in [-0.2, -0.15) is 0 Å². The summed E-state index contributed by atoms with van der Waals surface area (Å²) < 4.78 is 5.42. The van der Waals surface area contributed by atoms with Crippen LogP contribution in [-0.2, 0) is 11.2 Å². The zero-order valence-corrected chi connectivity index (χ0v) is 20.3. The second-order valence-electron chi connectivity index (χ2n) is 9.45. The van der Waals surface area contributed by atoms with E-state index in [1.54, 1.807) is 0 Å². The first-order chi connectivity index (χ1) is 16.4. The van der Waals surface area contributed by atoms with Crippen molar-refractivity contribution in [1.82, 2.24) is 9.80 Å². The minimum Gasteiger partial charge on any atom is -0.378 e. The van der Waals surface area contributed by atoms with E-state index in [-0.39, 0.29) is 11.7 Å². The molecule has 4 rings (SSSR count). The SMILES string of the molecule is CCC(N)(Cc1ccc(C(=O)N2CCN(C)CC2)cc1)C(=O)c1ccc(N2CCOCC2)cc1. The molecule has 2 aliphatic rings. The number of Topliss-reactive ketones (excluding diaryl/α,β-unsaturated/α-hetero) is 1. The number of hydrogen-bond acceptors (Lipinski definition) is 6. The number of carbonyl (C=O) groups excluding carboxylic acids is 2. The predicted molar refractivity (Wildman–Crippen MR) is 135 cm³/mol. The van der Waals surface area contributed by atoms with E-state index in [1.807, 2.05) is 60.4 Å². The topological polar surface area (TPSA) is 79.1 Å². The second-order valence-corrected chi connectivity index (χ2v) is 9.45. The molecule has 34 heavy (non-hydrogen) atoms. The zero-order valence-electron chi connectivity index (χ0n) is 20.3. The van der Waals surface area contributed by atoms with E-state index in [4.69, 9.17) is 10.5 Å². The third-order valence-electron chi connectivity index (χ3n) is 7.10. The van der Waals surface area contributed by atoms with E-state index in [2.05, 4.69) is 16.8 Å². The van der Waals surface area contributed by atoms with Gasteiger partial charge in [0.05, 0.1) is 18.8 Å². The Morgan fingerprint density at radius 1 is 0.882 bits per heavy atom. The molecular formula is C27H36N4O3. The summed E-state index contributed by atoms with van der Waals surface area (Å²) in [6.07, 6.45) is 0.954. The van der Waals surface area contributed by atoms with E-state index in [9.17, 15) is 9.59 Å². The van der Waals surface area contributed by atoms with Gasteiger partial charge in [-0.05, 0) is 61.9 Å². The average molecular weight is 465 g/mol. The number of piperazine rings is 1. The number of anilines is 1. The van der Waals surface area contributed by atoms with Gasteiger partial charge in [0.2, 0.25) is 0 Å². The van der Waals surface area contributed by atoms with E-state index in [0.29, 0.717) is 24.0 Å². The van der Waals surface area contributed by atoms with Crippen molar-refractivity contribution in [2.75, 3.05) is 64.4 Å². The number of rotatable bonds is 7. The van der Waals surface area contributed by atoms with Crippen molar-refractivity contribution >= 4 is 17.4 Å². The number of likely N-dealkylation sites (N-methyl/N-ethyl adjacent to an activating group) is 1. The summed E-state index contributed by atoms with van der Waals surface area (Å²) in [4.78, 5) is 32.6. The Bertz CT molecular complexity index is 978. The number of nitrogens with two attached hydrogens (primary N) is 1. The van der Waals surface area contributed by atoms with Crippen molar-refractivity contribution in [1.29, 1.82) is 0 Å². The molecule has 2 N–H and O–H groups in total. The van der Waals surface area contributed by atoms with Gasteiger partial charge >= 0.3 is 0 Å². The molecule has 2 saturated heterocycles. The van der Waals surface area contributed by atoms with Gasteiger partial charge in [0.25, 0.3) is 5.91 Å². The van der Waals surface area contributed by atoms with Crippen LogP contribution in [0, 0.1) is 0 Å². The molecule has 1 amide bonds. The fourth-order valence-electron chi connectivity index (χ4n) is 4.62. The molecule has 0 aromatic heterocycles. The van der Waals surface area contributed by atoms with Crippen LogP contribution in [0.25, 0.3) is 0 Å². The Balaban J connectivity index is 1.41. The lowest BCUT2D eigenvalue weighted by atomic mass is 9.82. The predicted octanol–water partition coefficient (Wildman–Crippen LogP) is 2.44. The zero-order chi connectivity index (χ0) is 24.1. The van der Waals surface area contributed by atoms with Crippen LogP contribution in [0.1, 0.15) is 39.6 Å². The average Bonchev–Trinajstić information content (AvgIpc) is 2.89. The number of benzene rings is 2. The van der Waals surface area contributed by atoms with Gasteiger partial charge in [-0.3, -0.25) is 9.59 Å². The lowest BCUT2D eigenvalue weighted by Crippen LogP contribution is -2.49. The minimum atomic E-state index is -0.997. The van der Waals surface area contributed by atoms with Crippen molar-refractivity contribution in [2.24, 2.45) is 5.73 Å². The first kappa shape index (κ1) is 24.4. The molecule has 0 spiro atoms. The number of amides is 1. The Kier molecular flexibility index (Phi) is 7.66. The summed E-state index contributed by atoms with van der Waals surface area (Å²) in [6.45, 7) is 8.40. The van der Waals surface area contributed by atoms with Gasteiger partial charge in [-0.15, -0.1) is 0 Å². The highest BCUT2D eigenvalue weighted by Crippen LogP contribution is 2.24. The fraction of sp³-hybridized carbons (Fsp3) is 0.481. The quantitative estimate of drug-likeness (QED) is 0.634. The molecule has 2 aromatic rings. The van der Waals surface area contributed by atoms with E-state index < -0.39 is 5.54 Å². The number of nitrogens with zero attached hydrogens (tertiary/aromatic N) is 3. The molecule has 7 nitrogen and oxygen atoms in total. The third-order valence-corrected chi connectivity index (χ3v) is 7.10. The van der Waals surface area contributed by atoms with Gasteiger partial charge in [0.15, 0.2) is 5.78 Å². The molecular weight excluding hydrogens is 428 g/mol. The van der Waals surface area contributed by atoms with Crippen LogP contribution >= 0.6 is 0 Å². The monoisotopic (exact) mass is 464 g/mol. The highest BCUT2D eigenvalue weighted by Gasteiger charge is 2.33. The fourth-order valence-corrected chi connectivity index (χ4v) is 4.62. The first-order valence-corrected chi connectivity index (χ1v) is 12.2. The van der Waals surface area contributed by atoms with E-state index in [1.165, 1.54) is 0 Å². The van der Waals surface area contributed by atoms with Crippen molar-refractivity contribution in [3.05, 3.63) is 65.2 Å². The number of hydrogen-bond donors (Lipinski definition) is 1. The minimum absolute atomic E-state index is 0.0545. The van der Waals surface area contributed by atoms with Gasteiger partial charge in [-0.1, -0.05) is 19.1 Å². The van der Waals surface area contributed by atoms with Crippen molar-refractivity contribution in [3.63, 3.8) is 0 Å². The molecule has 2 fully saturated rings. The molecule has 0 aliphatic carbocycles. The van der Waals surface area contributed by atoms with Crippen molar-refractivity contribution in [2.45, 2.75) is 25.3 Å². The van der Waals surface area contributed by atoms with Gasteiger partial charge in [0, 0.05) is 56.1 Å². The largest absolute Gasteiger partial charge is 0.378 e. The number of carbonyl (C=O) groups is 2. The summed E-state index contributed by atoms with van der Waals surface area (Å²) in [7, 11) is 2.07. The maximum absolute atomic E-state index is 13.4. The Hall–Kier alpha value is -2.74. The van der Waals surface area contributed by atoms with Gasteiger partial charge < -0.3 is 25.2 Å². The van der Waals surface area contributed by atoms with Crippen LogP contribution in [0.5, 0.6) is 0 Å². The van der Waals surface area contributed by atoms with Crippen LogP contribution in [0.15, 0.2) is 48.5 Å². The molecule has 2 aliphatic heterocycles. The molecule has 1 unspecified atom stereocenters. The highest BCUT2D eigenvalue weighted by molar-refractivity contribution is 6.03. The van der Waals surface area contributed by atoms with Gasteiger partial charge in [0.1, 0.15) is 0 Å². The molecule has 0 bridgehead atoms. The summed E-state index contributed by atoms with van der Waals surface area (Å²) in [5, 5.41) is 0. The van der Waals surface area contributed by atoms with E-state index >= 15 is 0 Å². The Morgan fingerprint density at radius 3 is 2.06 bits per heavy atom. The van der Waals surface area contributed by atoms with Crippen LogP contribution in [0.2, 0.25) is 0 Å². The van der Waals surface area contributed by atoms with Crippen molar-refractivity contribution in [3.8, 4) is 0 Å². The lowest BCUT2D eigenvalue weighted by molar-refractivity contribution is 0.0664. The standard InChI is InChI=1S/C27H36N4O3/c1-3-27(28,25(32)22-8-10-24(11-9-22)30-16-18-34-19-17-30)20-21-4-6-23(7-5-21)26(33)31-14-12-29(2)13-15-31/h4-11H,3,12-20,28H2,1-2H3. The number of ketones is 1. The summed E-state index contributed by atoms with van der Waals surface area (Å²) in [6, 6.07) is 15.3. The van der Waals surface area contributed by atoms with Crippen LogP contribution in [-0.4, -0.2) is 86.6 Å². The third kappa shape index (κ3) is 5.49. The molecule has 182 valence electrons. The smallest absolute Gasteiger partial charge is 0.253 e. The Morgan fingerprint density at radius 2 is 1.47 bits per heavy atom. The number of morpholine rings is 1. The number of ether oxygens (including phenoxy) is 1. The molecule has 2 heterocycles. The molecule has 7 heteroatoms. The molecule has 0 saturated carbocycles. The first-order valence-electron chi connectivity index (χ1n) is 12.2. The van der Waals surface area contributed by atoms with E-state index in [0.717, 1.165) is 63.7 Å². The van der Waals surface area contributed by atoms with Crippen LogP contribution in [0.3, 0.4) is 0 Å². The summed E-state index contributed by atoms with van der Waals surface area (Å²) in [5.74, 6) is 0.00621. The molecule has 0 radical (unpaired) electrons. The normalized spacial score (nSPS) is 19.0. The molecule has 2 aromatic carbocycles. The lowest BCUT2D eigenvalue weighted by Gasteiger charge is -2.32. The maximum atomic E-state index is 13.4. The highest BCUT2D eigenvalue weighted by atomic mass is 16.5. The summed E-state index contributed by atoms with van der Waals surface area (Å²) >= 11 is 0.